The van der Waals surface area contributed by atoms with Gasteiger partial charge in [-0.05, 0) is 18.4 Å². The van der Waals surface area contributed by atoms with Gasteiger partial charge in [0.2, 0.25) is 0 Å². The monoisotopic (exact) mass is 258 g/mol. The first-order valence-electron chi connectivity index (χ1n) is 5.51. The number of urea groups is 1. The molecule has 0 saturated heterocycles. The van der Waals surface area contributed by atoms with Gasteiger partial charge in [0, 0.05) is 32.0 Å². The Morgan fingerprint density at radius 3 is 3.12 bits per heavy atom. The first-order chi connectivity index (χ1) is 8.24. The van der Waals surface area contributed by atoms with Crippen molar-refractivity contribution >= 4 is 23.8 Å². The van der Waals surface area contributed by atoms with Crippen molar-refractivity contribution < 1.29 is 9.32 Å². The maximum Gasteiger partial charge on any atom is 0.324 e. The SMILES string of the molecule is CCCNC(=O)NSCCN(C)c1ccon1. The Hall–Kier alpha value is -1.37. The zero-order valence-corrected chi connectivity index (χ0v) is 10.9. The van der Waals surface area contributed by atoms with Crippen molar-refractivity contribution in [3.05, 3.63) is 12.3 Å². The summed E-state index contributed by atoms with van der Waals surface area (Å²) in [5.74, 6) is 1.57. The maximum atomic E-state index is 11.2. The molecule has 0 bridgehead atoms. The predicted octanol–water partition coefficient (Wildman–Crippen LogP) is 1.47. The molecule has 0 aromatic carbocycles. The number of hydrogen-bond donors (Lipinski definition) is 2. The molecule has 17 heavy (non-hydrogen) atoms. The first-order valence-corrected chi connectivity index (χ1v) is 6.49. The standard InChI is InChI=1S/C10H18N4O2S/c1-3-5-11-10(15)13-17-8-6-14(2)9-4-7-16-12-9/h4,7H,3,5-6,8H2,1-2H3,(H2,11,13,15). The second kappa shape index (κ2) is 7.83. The van der Waals surface area contributed by atoms with Crippen molar-refractivity contribution in [2.45, 2.75) is 13.3 Å². The van der Waals surface area contributed by atoms with Gasteiger partial charge in [0.15, 0.2) is 5.82 Å². The molecule has 0 spiro atoms. The fourth-order valence-corrected chi connectivity index (χ4v) is 1.76. The Balaban J connectivity index is 2.06. The number of amides is 2. The summed E-state index contributed by atoms with van der Waals surface area (Å²) >= 11 is 1.38. The van der Waals surface area contributed by atoms with E-state index in [0.29, 0.717) is 6.54 Å². The zero-order valence-electron chi connectivity index (χ0n) is 10.1. The number of anilines is 1. The van der Waals surface area contributed by atoms with Crippen molar-refractivity contribution in [3.63, 3.8) is 0 Å². The minimum atomic E-state index is -0.138. The highest BCUT2D eigenvalue weighted by atomic mass is 32.2. The van der Waals surface area contributed by atoms with Crippen LogP contribution < -0.4 is 14.9 Å². The molecule has 0 atom stereocenters. The smallest absolute Gasteiger partial charge is 0.324 e. The van der Waals surface area contributed by atoms with E-state index in [9.17, 15) is 4.79 Å². The molecule has 0 aliphatic rings. The Labute approximate surface area is 105 Å². The number of hydrogen-bond acceptors (Lipinski definition) is 5. The van der Waals surface area contributed by atoms with Gasteiger partial charge in [-0.3, -0.25) is 4.72 Å². The summed E-state index contributed by atoms with van der Waals surface area (Å²) in [6.45, 7) is 3.50. The zero-order chi connectivity index (χ0) is 12.5. The van der Waals surface area contributed by atoms with Crippen molar-refractivity contribution in [3.8, 4) is 0 Å². The lowest BCUT2D eigenvalue weighted by molar-refractivity contribution is 0.246. The minimum absolute atomic E-state index is 0.138. The third-order valence-electron chi connectivity index (χ3n) is 2.04. The molecular formula is C10H18N4O2S. The number of nitrogens with one attached hydrogen (secondary N) is 2. The Kier molecular flexibility index (Phi) is 6.31. The fourth-order valence-electron chi connectivity index (χ4n) is 1.09. The van der Waals surface area contributed by atoms with Gasteiger partial charge in [-0.2, -0.15) is 0 Å². The largest absolute Gasteiger partial charge is 0.363 e. The normalized spacial score (nSPS) is 10.0. The summed E-state index contributed by atoms with van der Waals surface area (Å²) in [7, 11) is 1.93. The Bertz CT molecular complexity index is 318. The van der Waals surface area contributed by atoms with Gasteiger partial charge in [-0.1, -0.05) is 12.1 Å². The van der Waals surface area contributed by atoms with E-state index in [4.69, 9.17) is 4.52 Å². The van der Waals surface area contributed by atoms with Crippen LogP contribution in [0.15, 0.2) is 16.9 Å². The van der Waals surface area contributed by atoms with E-state index in [2.05, 4.69) is 15.2 Å². The molecule has 1 aromatic heterocycles. The lowest BCUT2D eigenvalue weighted by atomic mass is 10.5. The lowest BCUT2D eigenvalue weighted by Crippen LogP contribution is -2.32. The topological polar surface area (TPSA) is 70.4 Å². The van der Waals surface area contributed by atoms with Crippen molar-refractivity contribution in [2.75, 3.05) is 30.8 Å². The first kappa shape index (κ1) is 13.7. The fraction of sp³-hybridized carbons (Fsp3) is 0.600. The summed E-state index contributed by atoms with van der Waals surface area (Å²) < 4.78 is 7.46. The molecule has 0 unspecified atom stereocenters. The van der Waals surface area contributed by atoms with Crippen LogP contribution in [0.2, 0.25) is 0 Å². The molecule has 96 valence electrons. The van der Waals surface area contributed by atoms with E-state index in [1.807, 2.05) is 18.9 Å². The number of aromatic nitrogens is 1. The number of rotatable bonds is 7. The van der Waals surface area contributed by atoms with Gasteiger partial charge in [0.25, 0.3) is 0 Å². The highest BCUT2D eigenvalue weighted by Gasteiger charge is 2.04. The minimum Gasteiger partial charge on any atom is -0.363 e. The van der Waals surface area contributed by atoms with E-state index in [1.54, 1.807) is 6.07 Å². The van der Waals surface area contributed by atoms with Crippen molar-refractivity contribution in [1.82, 2.24) is 15.2 Å². The molecule has 1 aromatic rings. The van der Waals surface area contributed by atoms with Crippen LogP contribution in [0.5, 0.6) is 0 Å². The van der Waals surface area contributed by atoms with Crippen molar-refractivity contribution in [1.29, 1.82) is 0 Å². The van der Waals surface area contributed by atoms with Crippen LogP contribution in [0.4, 0.5) is 10.6 Å². The summed E-state index contributed by atoms with van der Waals surface area (Å²) in [4.78, 5) is 13.2. The van der Waals surface area contributed by atoms with Gasteiger partial charge < -0.3 is 14.7 Å². The summed E-state index contributed by atoms with van der Waals surface area (Å²) in [5.41, 5.74) is 0. The van der Waals surface area contributed by atoms with E-state index >= 15 is 0 Å². The summed E-state index contributed by atoms with van der Waals surface area (Å²) in [6, 6.07) is 1.66. The molecule has 7 heteroatoms. The average molecular weight is 258 g/mol. The highest BCUT2D eigenvalue weighted by molar-refractivity contribution is 7.97. The van der Waals surface area contributed by atoms with Crippen LogP contribution in [0, 0.1) is 0 Å². The third-order valence-corrected chi connectivity index (χ3v) is 2.76. The highest BCUT2D eigenvalue weighted by Crippen LogP contribution is 2.07. The van der Waals surface area contributed by atoms with Gasteiger partial charge >= 0.3 is 6.03 Å². The van der Waals surface area contributed by atoms with Gasteiger partial charge in [-0.25, -0.2) is 4.79 Å². The van der Waals surface area contributed by atoms with Gasteiger partial charge in [-0.15, -0.1) is 0 Å². The van der Waals surface area contributed by atoms with Crippen LogP contribution in [-0.2, 0) is 0 Å². The molecule has 2 N–H and O–H groups in total. The van der Waals surface area contributed by atoms with Gasteiger partial charge in [0.05, 0.1) is 0 Å². The molecule has 0 aliphatic heterocycles. The van der Waals surface area contributed by atoms with Crippen LogP contribution >= 0.6 is 11.9 Å². The molecule has 0 fully saturated rings. The van der Waals surface area contributed by atoms with E-state index < -0.39 is 0 Å². The molecule has 6 nitrogen and oxygen atoms in total. The lowest BCUT2D eigenvalue weighted by Gasteiger charge is -2.14. The number of carbonyl (C=O) groups excluding carboxylic acids is 1. The van der Waals surface area contributed by atoms with Crippen LogP contribution in [-0.4, -0.2) is 37.1 Å². The summed E-state index contributed by atoms with van der Waals surface area (Å²) in [6.07, 6.45) is 2.47. The molecule has 0 radical (unpaired) electrons. The Morgan fingerprint density at radius 1 is 1.65 bits per heavy atom. The molecular weight excluding hydrogens is 240 g/mol. The van der Waals surface area contributed by atoms with Gasteiger partial charge in [0.1, 0.15) is 6.26 Å². The van der Waals surface area contributed by atoms with Crippen LogP contribution in [0.25, 0.3) is 0 Å². The average Bonchev–Trinajstić information content (AvgIpc) is 2.85. The van der Waals surface area contributed by atoms with E-state index in [1.165, 1.54) is 18.2 Å². The number of nitrogens with zero attached hydrogens (tertiary/aromatic N) is 2. The molecule has 0 saturated carbocycles. The predicted molar refractivity (Wildman–Crippen MR) is 69.1 cm³/mol. The summed E-state index contributed by atoms with van der Waals surface area (Å²) in [5, 5.41) is 6.55. The molecule has 2 amide bonds. The maximum absolute atomic E-state index is 11.2. The van der Waals surface area contributed by atoms with Crippen LogP contribution in [0.3, 0.4) is 0 Å². The van der Waals surface area contributed by atoms with E-state index in [-0.39, 0.29) is 6.03 Å². The quantitative estimate of drug-likeness (QED) is 0.572. The molecule has 1 rings (SSSR count). The van der Waals surface area contributed by atoms with E-state index in [0.717, 1.165) is 24.5 Å². The Morgan fingerprint density at radius 2 is 2.47 bits per heavy atom. The second-order valence-corrected chi connectivity index (χ2v) is 4.39. The number of carbonyl (C=O) groups is 1. The van der Waals surface area contributed by atoms with Crippen LogP contribution in [0.1, 0.15) is 13.3 Å². The molecule has 1 heterocycles. The van der Waals surface area contributed by atoms with Crippen molar-refractivity contribution in [2.24, 2.45) is 0 Å². The molecule has 0 aliphatic carbocycles. The second-order valence-electron chi connectivity index (χ2n) is 3.49. The third kappa shape index (κ3) is 5.48.